The van der Waals surface area contributed by atoms with E-state index in [4.69, 9.17) is 0 Å². The highest BCUT2D eigenvalue weighted by Crippen LogP contribution is 2.44. The predicted molar refractivity (Wildman–Crippen MR) is 89.2 cm³/mol. The molecule has 1 aromatic carbocycles. The number of anilines is 1. The zero-order chi connectivity index (χ0) is 15.9. The van der Waals surface area contributed by atoms with Crippen LogP contribution in [0.25, 0.3) is 0 Å². The Balaban J connectivity index is 3.84. The molecule has 0 unspecified atom stereocenters. The number of hydrogen-bond acceptors (Lipinski definition) is 2. The molecule has 0 saturated heterocycles. The lowest BCUT2D eigenvalue weighted by Gasteiger charge is -2.32. The minimum atomic E-state index is -0.0683. The lowest BCUT2D eigenvalue weighted by atomic mass is 9.76. The second-order valence-corrected chi connectivity index (χ2v) is 7.89. The van der Waals surface area contributed by atoms with Gasteiger partial charge in [0, 0.05) is 30.9 Å². The van der Waals surface area contributed by atoms with Crippen molar-refractivity contribution in [2.45, 2.75) is 65.7 Å². The first-order valence-electron chi connectivity index (χ1n) is 7.48. The van der Waals surface area contributed by atoms with Gasteiger partial charge in [0.25, 0.3) is 0 Å². The van der Waals surface area contributed by atoms with Crippen molar-refractivity contribution in [1.82, 2.24) is 0 Å². The summed E-state index contributed by atoms with van der Waals surface area (Å²) in [7, 11) is 4.15. The SMILES string of the molecule is CCc1c(N(C)C)cc(C(C)(C)C)c(O)c1C(C)(C)C. The number of rotatable bonds is 2. The summed E-state index contributed by atoms with van der Waals surface area (Å²) in [5.41, 5.74) is 4.47. The average Bonchev–Trinajstić information content (AvgIpc) is 2.23. The summed E-state index contributed by atoms with van der Waals surface area (Å²) < 4.78 is 0. The third-order valence-electron chi connectivity index (χ3n) is 3.78. The molecule has 2 nitrogen and oxygen atoms in total. The molecular formula is C18H31NO. The maximum Gasteiger partial charge on any atom is 0.123 e. The van der Waals surface area contributed by atoms with Gasteiger partial charge >= 0.3 is 0 Å². The van der Waals surface area contributed by atoms with E-state index in [-0.39, 0.29) is 10.8 Å². The van der Waals surface area contributed by atoms with Crippen molar-refractivity contribution in [3.8, 4) is 5.75 Å². The summed E-state index contributed by atoms with van der Waals surface area (Å²) in [6.45, 7) is 15.1. The highest BCUT2D eigenvalue weighted by molar-refractivity contribution is 5.66. The van der Waals surface area contributed by atoms with Crippen LogP contribution in [0.15, 0.2) is 6.07 Å². The predicted octanol–water partition coefficient (Wildman–Crippen LogP) is 4.62. The van der Waals surface area contributed by atoms with Crippen LogP contribution in [0.3, 0.4) is 0 Å². The van der Waals surface area contributed by atoms with E-state index in [1.807, 2.05) is 0 Å². The van der Waals surface area contributed by atoms with Crippen molar-refractivity contribution < 1.29 is 5.11 Å². The van der Waals surface area contributed by atoms with E-state index in [9.17, 15) is 5.11 Å². The number of benzene rings is 1. The van der Waals surface area contributed by atoms with Gasteiger partial charge in [-0.05, 0) is 28.9 Å². The molecule has 0 heterocycles. The van der Waals surface area contributed by atoms with Crippen LogP contribution >= 0.6 is 0 Å². The lowest BCUT2D eigenvalue weighted by Crippen LogP contribution is -2.22. The first kappa shape index (κ1) is 16.9. The Morgan fingerprint density at radius 1 is 1.00 bits per heavy atom. The molecule has 2 heteroatoms. The fourth-order valence-corrected chi connectivity index (χ4v) is 2.83. The first-order valence-corrected chi connectivity index (χ1v) is 7.48. The molecule has 0 saturated carbocycles. The smallest absolute Gasteiger partial charge is 0.123 e. The molecule has 1 rings (SSSR count). The van der Waals surface area contributed by atoms with Crippen LogP contribution < -0.4 is 4.90 Å². The molecule has 0 fully saturated rings. The fraction of sp³-hybridized carbons (Fsp3) is 0.667. The summed E-state index contributed by atoms with van der Waals surface area (Å²) in [6, 6.07) is 2.16. The second kappa shape index (κ2) is 5.31. The number of hydrogen-bond donors (Lipinski definition) is 1. The van der Waals surface area contributed by atoms with E-state index in [1.54, 1.807) is 0 Å². The van der Waals surface area contributed by atoms with Gasteiger partial charge in [-0.25, -0.2) is 0 Å². The van der Waals surface area contributed by atoms with Gasteiger partial charge in [0.05, 0.1) is 0 Å². The Morgan fingerprint density at radius 3 is 1.80 bits per heavy atom. The van der Waals surface area contributed by atoms with Crippen LogP contribution in [0.4, 0.5) is 5.69 Å². The van der Waals surface area contributed by atoms with Crippen molar-refractivity contribution in [3.05, 3.63) is 22.8 Å². The third kappa shape index (κ3) is 3.11. The molecule has 1 aromatic rings. The van der Waals surface area contributed by atoms with Gasteiger partial charge in [0.2, 0.25) is 0 Å². The Labute approximate surface area is 124 Å². The van der Waals surface area contributed by atoms with Gasteiger partial charge in [-0.3, -0.25) is 0 Å². The highest BCUT2D eigenvalue weighted by Gasteiger charge is 2.30. The maximum atomic E-state index is 10.9. The standard InChI is InChI=1S/C18H31NO/c1-10-12-14(19(8)9)11-13(17(2,3)4)16(20)15(12)18(5,6)7/h11,20H,10H2,1-9H3. The minimum absolute atomic E-state index is 0.0680. The largest absolute Gasteiger partial charge is 0.507 e. The average molecular weight is 277 g/mol. The fourth-order valence-electron chi connectivity index (χ4n) is 2.83. The van der Waals surface area contributed by atoms with Crippen LogP contribution in [-0.4, -0.2) is 19.2 Å². The van der Waals surface area contributed by atoms with E-state index < -0.39 is 0 Å². The van der Waals surface area contributed by atoms with E-state index in [1.165, 1.54) is 11.3 Å². The molecule has 0 atom stereocenters. The number of nitrogens with zero attached hydrogens (tertiary/aromatic N) is 1. The first-order chi connectivity index (χ1) is 8.91. The zero-order valence-corrected chi connectivity index (χ0v) is 14.7. The summed E-state index contributed by atoms with van der Waals surface area (Å²) in [5, 5.41) is 10.9. The molecule has 0 aliphatic heterocycles. The Hall–Kier alpha value is -1.18. The van der Waals surface area contributed by atoms with E-state index in [2.05, 4.69) is 73.5 Å². The summed E-state index contributed by atoms with van der Waals surface area (Å²) in [4.78, 5) is 2.16. The van der Waals surface area contributed by atoms with Gasteiger partial charge in [-0.15, -0.1) is 0 Å². The number of phenols is 1. The van der Waals surface area contributed by atoms with Crippen LogP contribution in [0.1, 0.15) is 65.2 Å². The van der Waals surface area contributed by atoms with Gasteiger partial charge in [0.1, 0.15) is 5.75 Å². The van der Waals surface area contributed by atoms with Crippen LogP contribution in [-0.2, 0) is 17.3 Å². The highest BCUT2D eigenvalue weighted by atomic mass is 16.3. The lowest BCUT2D eigenvalue weighted by molar-refractivity contribution is 0.421. The third-order valence-corrected chi connectivity index (χ3v) is 3.78. The molecular weight excluding hydrogens is 246 g/mol. The van der Waals surface area contributed by atoms with Crippen LogP contribution in [0.2, 0.25) is 0 Å². The molecule has 0 aromatic heterocycles. The van der Waals surface area contributed by atoms with Crippen molar-refractivity contribution in [3.63, 3.8) is 0 Å². The Bertz CT molecular complexity index is 488. The molecule has 114 valence electrons. The van der Waals surface area contributed by atoms with Crippen molar-refractivity contribution in [2.75, 3.05) is 19.0 Å². The normalized spacial score (nSPS) is 12.7. The molecule has 0 spiro atoms. The van der Waals surface area contributed by atoms with Gasteiger partial charge < -0.3 is 10.0 Å². The molecule has 20 heavy (non-hydrogen) atoms. The molecule has 0 aliphatic rings. The Kier molecular flexibility index (Phi) is 4.48. The van der Waals surface area contributed by atoms with Crippen molar-refractivity contribution >= 4 is 5.69 Å². The maximum absolute atomic E-state index is 10.9. The van der Waals surface area contributed by atoms with Crippen molar-refractivity contribution in [1.29, 1.82) is 0 Å². The van der Waals surface area contributed by atoms with Gasteiger partial charge in [-0.2, -0.15) is 0 Å². The topological polar surface area (TPSA) is 23.5 Å². The van der Waals surface area contributed by atoms with Crippen molar-refractivity contribution in [2.24, 2.45) is 0 Å². The summed E-state index contributed by atoms with van der Waals surface area (Å²) >= 11 is 0. The van der Waals surface area contributed by atoms with E-state index >= 15 is 0 Å². The monoisotopic (exact) mass is 277 g/mol. The summed E-state index contributed by atoms with van der Waals surface area (Å²) in [6.07, 6.45) is 0.929. The van der Waals surface area contributed by atoms with E-state index in [0.29, 0.717) is 5.75 Å². The minimum Gasteiger partial charge on any atom is -0.507 e. The van der Waals surface area contributed by atoms with E-state index in [0.717, 1.165) is 17.5 Å². The summed E-state index contributed by atoms with van der Waals surface area (Å²) in [5.74, 6) is 0.479. The second-order valence-electron chi connectivity index (χ2n) is 7.89. The van der Waals surface area contributed by atoms with Gasteiger partial charge in [-0.1, -0.05) is 48.5 Å². The molecule has 1 N–H and O–H groups in total. The molecule has 0 radical (unpaired) electrons. The molecule has 0 amide bonds. The van der Waals surface area contributed by atoms with Crippen LogP contribution in [0, 0.1) is 0 Å². The Morgan fingerprint density at radius 2 is 1.50 bits per heavy atom. The molecule has 0 bridgehead atoms. The zero-order valence-electron chi connectivity index (χ0n) is 14.7. The van der Waals surface area contributed by atoms with Crippen LogP contribution in [0.5, 0.6) is 5.75 Å². The number of aromatic hydroxyl groups is 1. The quantitative estimate of drug-likeness (QED) is 0.853. The molecule has 0 aliphatic carbocycles. The number of phenolic OH excluding ortho intramolecular Hbond substituents is 1. The van der Waals surface area contributed by atoms with Gasteiger partial charge in [0.15, 0.2) is 0 Å².